The lowest BCUT2D eigenvalue weighted by Crippen LogP contribution is -2.44. The summed E-state index contributed by atoms with van der Waals surface area (Å²) in [7, 11) is 0. The molecule has 1 aromatic rings. The molecule has 0 saturated heterocycles. The SMILES string of the molecule is O=C(O)c1cccc(CN(C2CCCCC2)C2CCCCC2)c1. The Kier molecular flexibility index (Phi) is 5.71. The van der Waals surface area contributed by atoms with Gasteiger partial charge in [0.15, 0.2) is 0 Å². The van der Waals surface area contributed by atoms with Gasteiger partial charge in [0.2, 0.25) is 0 Å². The van der Waals surface area contributed by atoms with Gasteiger partial charge in [-0.25, -0.2) is 4.79 Å². The first-order valence-corrected chi connectivity index (χ1v) is 9.32. The Morgan fingerprint density at radius 3 is 2.04 bits per heavy atom. The van der Waals surface area contributed by atoms with Crippen LogP contribution in [-0.2, 0) is 6.54 Å². The molecule has 0 heterocycles. The first-order valence-electron chi connectivity index (χ1n) is 9.32. The van der Waals surface area contributed by atoms with Crippen LogP contribution in [0.2, 0.25) is 0 Å². The van der Waals surface area contributed by atoms with E-state index in [4.69, 9.17) is 0 Å². The molecular weight excluding hydrogens is 286 g/mol. The van der Waals surface area contributed by atoms with Gasteiger partial charge in [0.05, 0.1) is 5.56 Å². The van der Waals surface area contributed by atoms with Crippen LogP contribution in [0.15, 0.2) is 24.3 Å². The van der Waals surface area contributed by atoms with Gasteiger partial charge in [0.25, 0.3) is 0 Å². The lowest BCUT2D eigenvalue weighted by Gasteiger charge is -2.41. The topological polar surface area (TPSA) is 40.5 Å². The Morgan fingerprint density at radius 1 is 0.957 bits per heavy atom. The molecule has 2 aliphatic rings. The van der Waals surface area contributed by atoms with Crippen molar-refractivity contribution < 1.29 is 9.90 Å². The van der Waals surface area contributed by atoms with Gasteiger partial charge in [-0.2, -0.15) is 0 Å². The minimum Gasteiger partial charge on any atom is -0.478 e. The Labute approximate surface area is 139 Å². The van der Waals surface area contributed by atoms with E-state index in [9.17, 15) is 9.90 Å². The average Bonchev–Trinajstić information content (AvgIpc) is 2.61. The van der Waals surface area contributed by atoms with Crippen LogP contribution in [0, 0.1) is 0 Å². The van der Waals surface area contributed by atoms with Crippen molar-refractivity contribution in [3.63, 3.8) is 0 Å². The minimum absolute atomic E-state index is 0.412. The number of hydrogen-bond acceptors (Lipinski definition) is 2. The first-order chi connectivity index (χ1) is 11.2. The van der Waals surface area contributed by atoms with Crippen LogP contribution >= 0.6 is 0 Å². The summed E-state index contributed by atoms with van der Waals surface area (Å²) < 4.78 is 0. The van der Waals surface area contributed by atoms with Gasteiger partial charge in [0.1, 0.15) is 0 Å². The summed E-state index contributed by atoms with van der Waals surface area (Å²) in [5.74, 6) is -0.825. The van der Waals surface area contributed by atoms with Crippen LogP contribution in [0.1, 0.15) is 80.1 Å². The molecule has 1 aromatic carbocycles. The van der Waals surface area contributed by atoms with Gasteiger partial charge in [-0.15, -0.1) is 0 Å². The van der Waals surface area contributed by atoms with Crippen LogP contribution in [0.5, 0.6) is 0 Å². The van der Waals surface area contributed by atoms with Crippen molar-refractivity contribution in [3.05, 3.63) is 35.4 Å². The van der Waals surface area contributed by atoms with E-state index in [1.807, 2.05) is 12.1 Å². The largest absolute Gasteiger partial charge is 0.478 e. The van der Waals surface area contributed by atoms with Crippen molar-refractivity contribution in [2.24, 2.45) is 0 Å². The molecule has 3 rings (SSSR count). The summed E-state index contributed by atoms with van der Waals surface area (Å²) in [4.78, 5) is 14.0. The molecule has 0 aliphatic heterocycles. The van der Waals surface area contributed by atoms with Crippen LogP contribution in [0.25, 0.3) is 0 Å². The number of rotatable bonds is 5. The highest BCUT2D eigenvalue weighted by atomic mass is 16.4. The summed E-state index contributed by atoms with van der Waals surface area (Å²) >= 11 is 0. The second kappa shape index (κ2) is 7.96. The monoisotopic (exact) mass is 315 g/mol. The van der Waals surface area contributed by atoms with E-state index in [2.05, 4.69) is 11.0 Å². The summed E-state index contributed by atoms with van der Waals surface area (Å²) in [6.45, 7) is 0.913. The Bertz CT molecular complexity index is 498. The summed E-state index contributed by atoms with van der Waals surface area (Å²) in [5, 5.41) is 9.23. The Hall–Kier alpha value is -1.35. The minimum atomic E-state index is -0.825. The van der Waals surface area contributed by atoms with Crippen LogP contribution in [0.4, 0.5) is 0 Å². The number of aromatic carboxylic acids is 1. The maximum atomic E-state index is 11.2. The summed E-state index contributed by atoms with van der Waals surface area (Å²) in [6, 6.07) is 8.92. The molecule has 3 heteroatoms. The highest BCUT2D eigenvalue weighted by Gasteiger charge is 2.28. The van der Waals surface area contributed by atoms with Crippen molar-refractivity contribution in [2.45, 2.75) is 82.8 Å². The van der Waals surface area contributed by atoms with Crippen molar-refractivity contribution in [2.75, 3.05) is 0 Å². The molecule has 0 spiro atoms. The lowest BCUT2D eigenvalue weighted by atomic mass is 9.88. The van der Waals surface area contributed by atoms with Gasteiger partial charge in [0, 0.05) is 18.6 Å². The smallest absolute Gasteiger partial charge is 0.335 e. The maximum Gasteiger partial charge on any atom is 0.335 e. The van der Waals surface area contributed by atoms with E-state index in [1.165, 1.54) is 64.2 Å². The molecule has 0 atom stereocenters. The number of carbonyl (C=O) groups is 1. The molecule has 0 amide bonds. The van der Waals surface area contributed by atoms with E-state index < -0.39 is 5.97 Å². The van der Waals surface area contributed by atoms with Gasteiger partial charge in [-0.1, -0.05) is 50.7 Å². The molecule has 0 aromatic heterocycles. The normalized spacial score (nSPS) is 20.7. The van der Waals surface area contributed by atoms with Crippen molar-refractivity contribution in [1.82, 2.24) is 4.90 Å². The first kappa shape index (κ1) is 16.5. The van der Waals surface area contributed by atoms with Crippen molar-refractivity contribution in [1.29, 1.82) is 0 Å². The summed E-state index contributed by atoms with van der Waals surface area (Å²) in [5.41, 5.74) is 1.57. The molecule has 0 radical (unpaired) electrons. The summed E-state index contributed by atoms with van der Waals surface area (Å²) in [6.07, 6.45) is 13.4. The standard InChI is InChI=1S/C20H29NO2/c22-20(23)17-9-7-8-16(14-17)15-21(18-10-3-1-4-11-18)19-12-5-2-6-13-19/h7-9,14,18-19H,1-6,10-13,15H2,(H,22,23). The molecular formula is C20H29NO2. The molecule has 3 nitrogen and oxygen atoms in total. The Balaban J connectivity index is 1.76. The Morgan fingerprint density at radius 2 is 1.52 bits per heavy atom. The molecule has 23 heavy (non-hydrogen) atoms. The number of carboxylic acids is 1. The third kappa shape index (κ3) is 4.35. The zero-order chi connectivity index (χ0) is 16.1. The predicted molar refractivity (Wildman–Crippen MR) is 92.7 cm³/mol. The number of hydrogen-bond donors (Lipinski definition) is 1. The molecule has 126 valence electrons. The fourth-order valence-corrected chi connectivity index (χ4v) is 4.40. The fourth-order valence-electron chi connectivity index (χ4n) is 4.40. The molecule has 0 bridgehead atoms. The van der Waals surface area contributed by atoms with E-state index in [0.717, 1.165) is 12.1 Å². The highest BCUT2D eigenvalue weighted by molar-refractivity contribution is 5.87. The third-order valence-electron chi connectivity index (χ3n) is 5.63. The third-order valence-corrected chi connectivity index (χ3v) is 5.63. The van der Waals surface area contributed by atoms with Gasteiger partial charge < -0.3 is 5.11 Å². The second-order valence-corrected chi connectivity index (χ2v) is 7.26. The zero-order valence-corrected chi connectivity index (χ0v) is 14.0. The van der Waals surface area contributed by atoms with Crippen LogP contribution < -0.4 is 0 Å². The van der Waals surface area contributed by atoms with Crippen LogP contribution in [-0.4, -0.2) is 28.1 Å². The highest BCUT2D eigenvalue weighted by Crippen LogP contribution is 2.31. The van der Waals surface area contributed by atoms with E-state index >= 15 is 0 Å². The predicted octanol–water partition coefficient (Wildman–Crippen LogP) is 4.85. The van der Waals surface area contributed by atoms with Crippen molar-refractivity contribution >= 4 is 5.97 Å². The fraction of sp³-hybridized carbons (Fsp3) is 0.650. The molecule has 1 N–H and O–H groups in total. The van der Waals surface area contributed by atoms with Gasteiger partial charge in [-0.05, 0) is 43.4 Å². The molecule has 2 aliphatic carbocycles. The van der Waals surface area contributed by atoms with E-state index in [0.29, 0.717) is 17.6 Å². The van der Waals surface area contributed by atoms with Gasteiger partial charge >= 0.3 is 5.97 Å². The van der Waals surface area contributed by atoms with Gasteiger partial charge in [-0.3, -0.25) is 4.90 Å². The average molecular weight is 315 g/mol. The zero-order valence-electron chi connectivity index (χ0n) is 14.0. The quantitative estimate of drug-likeness (QED) is 0.844. The lowest BCUT2D eigenvalue weighted by molar-refractivity contribution is 0.0693. The van der Waals surface area contributed by atoms with Crippen LogP contribution in [0.3, 0.4) is 0 Å². The second-order valence-electron chi connectivity index (χ2n) is 7.26. The maximum absolute atomic E-state index is 11.2. The van der Waals surface area contributed by atoms with E-state index in [-0.39, 0.29) is 0 Å². The number of carboxylic acid groups (broad SMARTS) is 1. The number of nitrogens with zero attached hydrogens (tertiary/aromatic N) is 1. The number of benzene rings is 1. The van der Waals surface area contributed by atoms with Crippen molar-refractivity contribution in [3.8, 4) is 0 Å². The molecule has 2 saturated carbocycles. The molecule has 2 fully saturated rings. The molecule has 0 unspecified atom stereocenters. The van der Waals surface area contributed by atoms with E-state index in [1.54, 1.807) is 6.07 Å².